The molecule has 0 aliphatic rings. The summed E-state index contributed by atoms with van der Waals surface area (Å²) < 4.78 is 5.43. The molecule has 2 rings (SSSR count). The molecule has 2 nitrogen and oxygen atoms in total. The quantitative estimate of drug-likeness (QED) is 0.845. The summed E-state index contributed by atoms with van der Waals surface area (Å²) in [5.41, 5.74) is 3.62. The van der Waals surface area contributed by atoms with Gasteiger partial charge in [0.1, 0.15) is 5.75 Å². The third-order valence-corrected chi connectivity index (χ3v) is 3.85. The monoisotopic (exact) mass is 303 g/mol. The molecule has 1 atom stereocenters. The van der Waals surface area contributed by atoms with Gasteiger partial charge in [-0.15, -0.1) is 0 Å². The molecule has 2 aromatic carbocycles. The number of rotatable bonds is 6. The van der Waals surface area contributed by atoms with Crippen molar-refractivity contribution in [1.29, 1.82) is 0 Å². The molecule has 0 fully saturated rings. The number of ether oxygens (including phenoxy) is 1. The van der Waals surface area contributed by atoms with Crippen molar-refractivity contribution in [3.8, 4) is 5.75 Å². The summed E-state index contributed by atoms with van der Waals surface area (Å²) in [5, 5.41) is 4.32. The zero-order valence-electron chi connectivity index (χ0n) is 12.8. The molecule has 112 valence electrons. The Labute approximate surface area is 132 Å². The molecular formula is C18H22ClNO. The molecule has 0 aliphatic carbocycles. The molecule has 0 amide bonds. The maximum Gasteiger partial charge on any atom is 0.122 e. The predicted molar refractivity (Wildman–Crippen MR) is 89.3 cm³/mol. The molecule has 1 N–H and O–H groups in total. The van der Waals surface area contributed by atoms with E-state index in [0.717, 1.165) is 29.3 Å². The van der Waals surface area contributed by atoms with Gasteiger partial charge in [0.25, 0.3) is 0 Å². The fourth-order valence-corrected chi connectivity index (χ4v) is 2.72. The van der Waals surface area contributed by atoms with Crippen molar-refractivity contribution < 1.29 is 4.74 Å². The van der Waals surface area contributed by atoms with Gasteiger partial charge in [-0.05, 0) is 54.8 Å². The smallest absolute Gasteiger partial charge is 0.122 e. The first-order chi connectivity index (χ1) is 10.1. The fourth-order valence-electron chi connectivity index (χ4n) is 2.51. The number of halogens is 1. The van der Waals surface area contributed by atoms with E-state index in [4.69, 9.17) is 16.3 Å². The molecule has 2 aromatic rings. The van der Waals surface area contributed by atoms with Gasteiger partial charge in [0.2, 0.25) is 0 Å². The van der Waals surface area contributed by atoms with Crippen molar-refractivity contribution in [3.05, 3.63) is 64.2 Å². The lowest BCUT2D eigenvalue weighted by atomic mass is 9.97. The third kappa shape index (κ3) is 4.23. The summed E-state index contributed by atoms with van der Waals surface area (Å²) in [6, 6.07) is 14.7. The van der Waals surface area contributed by atoms with Crippen LogP contribution in [0.4, 0.5) is 0 Å². The van der Waals surface area contributed by atoms with Crippen LogP contribution in [0.25, 0.3) is 0 Å². The summed E-state index contributed by atoms with van der Waals surface area (Å²) in [5.74, 6) is 0.932. The van der Waals surface area contributed by atoms with Crippen molar-refractivity contribution in [1.82, 2.24) is 5.32 Å². The highest BCUT2D eigenvalue weighted by Crippen LogP contribution is 2.26. The first-order valence-corrected chi connectivity index (χ1v) is 7.64. The third-order valence-electron chi connectivity index (χ3n) is 3.61. The van der Waals surface area contributed by atoms with Crippen LogP contribution in [0, 0.1) is 6.92 Å². The van der Waals surface area contributed by atoms with E-state index in [2.05, 4.69) is 43.4 Å². The Balaban J connectivity index is 2.26. The Hall–Kier alpha value is -1.51. The minimum atomic E-state index is 0.253. The standard InChI is InChI=1S/C18H22ClNO/c1-4-20-17(11-14-6-5-7-16(19)10-14)15-9-8-13(2)18(12-15)21-3/h5-10,12,17,20H,4,11H2,1-3H3. The number of hydrogen-bond donors (Lipinski definition) is 1. The van der Waals surface area contributed by atoms with Gasteiger partial charge in [-0.25, -0.2) is 0 Å². The summed E-state index contributed by atoms with van der Waals surface area (Å²) >= 11 is 6.08. The van der Waals surface area contributed by atoms with Gasteiger partial charge in [0, 0.05) is 11.1 Å². The molecule has 1 unspecified atom stereocenters. The van der Waals surface area contributed by atoms with Gasteiger partial charge >= 0.3 is 0 Å². The summed E-state index contributed by atoms with van der Waals surface area (Å²) in [7, 11) is 1.71. The predicted octanol–water partition coefficient (Wildman–Crippen LogP) is 4.55. The van der Waals surface area contributed by atoms with E-state index >= 15 is 0 Å². The number of likely N-dealkylation sites (N-methyl/N-ethyl adjacent to an activating group) is 1. The van der Waals surface area contributed by atoms with E-state index in [1.165, 1.54) is 11.1 Å². The maximum absolute atomic E-state index is 6.08. The van der Waals surface area contributed by atoms with E-state index in [1.54, 1.807) is 7.11 Å². The Bertz CT molecular complexity index is 598. The molecule has 0 heterocycles. The Morgan fingerprint density at radius 3 is 2.67 bits per heavy atom. The zero-order valence-corrected chi connectivity index (χ0v) is 13.6. The highest BCUT2D eigenvalue weighted by molar-refractivity contribution is 6.30. The second-order valence-electron chi connectivity index (χ2n) is 5.17. The van der Waals surface area contributed by atoms with Gasteiger partial charge in [-0.2, -0.15) is 0 Å². The average molecular weight is 304 g/mol. The molecule has 0 aromatic heterocycles. The molecule has 0 spiro atoms. The fraction of sp³-hybridized carbons (Fsp3) is 0.333. The van der Waals surface area contributed by atoms with Crippen molar-refractivity contribution in [2.75, 3.05) is 13.7 Å². The maximum atomic E-state index is 6.08. The van der Waals surface area contributed by atoms with E-state index in [1.807, 2.05) is 18.2 Å². The first-order valence-electron chi connectivity index (χ1n) is 7.26. The molecule has 3 heteroatoms. The van der Waals surface area contributed by atoms with Gasteiger partial charge < -0.3 is 10.1 Å². The number of nitrogens with one attached hydrogen (secondary N) is 1. The lowest BCUT2D eigenvalue weighted by Crippen LogP contribution is -2.23. The number of methoxy groups -OCH3 is 1. The van der Waals surface area contributed by atoms with Gasteiger partial charge in [-0.1, -0.05) is 42.8 Å². The van der Waals surface area contributed by atoms with Crippen LogP contribution in [0.15, 0.2) is 42.5 Å². The molecule has 21 heavy (non-hydrogen) atoms. The largest absolute Gasteiger partial charge is 0.496 e. The second kappa shape index (κ2) is 7.48. The Morgan fingerprint density at radius 2 is 2.00 bits per heavy atom. The van der Waals surface area contributed by atoms with Crippen LogP contribution in [0.1, 0.15) is 29.7 Å². The number of hydrogen-bond acceptors (Lipinski definition) is 2. The molecule has 0 bridgehead atoms. The van der Waals surface area contributed by atoms with Crippen LogP contribution in [0.2, 0.25) is 5.02 Å². The van der Waals surface area contributed by atoms with Crippen LogP contribution in [-0.2, 0) is 6.42 Å². The summed E-state index contributed by atoms with van der Waals surface area (Å²) in [6.45, 7) is 5.10. The minimum absolute atomic E-state index is 0.253. The van der Waals surface area contributed by atoms with Gasteiger partial charge in [0.15, 0.2) is 0 Å². The van der Waals surface area contributed by atoms with Crippen LogP contribution >= 0.6 is 11.6 Å². The topological polar surface area (TPSA) is 21.3 Å². The molecule has 0 saturated heterocycles. The van der Waals surface area contributed by atoms with E-state index in [0.29, 0.717) is 0 Å². The van der Waals surface area contributed by atoms with Crippen molar-refractivity contribution >= 4 is 11.6 Å². The van der Waals surface area contributed by atoms with Crippen LogP contribution in [0.3, 0.4) is 0 Å². The number of benzene rings is 2. The van der Waals surface area contributed by atoms with E-state index < -0.39 is 0 Å². The molecule has 0 saturated carbocycles. The lowest BCUT2D eigenvalue weighted by Gasteiger charge is -2.20. The summed E-state index contributed by atoms with van der Waals surface area (Å²) in [4.78, 5) is 0. The summed E-state index contributed by atoms with van der Waals surface area (Å²) in [6.07, 6.45) is 0.903. The Kier molecular flexibility index (Phi) is 5.66. The van der Waals surface area contributed by atoms with E-state index in [-0.39, 0.29) is 6.04 Å². The van der Waals surface area contributed by atoms with Crippen LogP contribution in [-0.4, -0.2) is 13.7 Å². The molecular weight excluding hydrogens is 282 g/mol. The van der Waals surface area contributed by atoms with Crippen molar-refractivity contribution in [2.24, 2.45) is 0 Å². The normalized spacial score (nSPS) is 12.2. The van der Waals surface area contributed by atoms with Gasteiger partial charge in [-0.3, -0.25) is 0 Å². The molecule has 0 aliphatic heterocycles. The highest BCUT2D eigenvalue weighted by Gasteiger charge is 2.13. The Morgan fingerprint density at radius 1 is 1.19 bits per heavy atom. The minimum Gasteiger partial charge on any atom is -0.496 e. The number of aryl methyl sites for hydroxylation is 1. The van der Waals surface area contributed by atoms with E-state index in [9.17, 15) is 0 Å². The molecule has 0 radical (unpaired) electrons. The van der Waals surface area contributed by atoms with Crippen molar-refractivity contribution in [3.63, 3.8) is 0 Å². The SMILES string of the molecule is CCNC(Cc1cccc(Cl)c1)c1ccc(C)c(OC)c1. The van der Waals surface area contributed by atoms with Gasteiger partial charge in [0.05, 0.1) is 7.11 Å². The second-order valence-corrected chi connectivity index (χ2v) is 5.61. The lowest BCUT2D eigenvalue weighted by molar-refractivity contribution is 0.410. The van der Waals surface area contributed by atoms with Crippen LogP contribution in [0.5, 0.6) is 5.75 Å². The zero-order chi connectivity index (χ0) is 15.2. The van der Waals surface area contributed by atoms with Crippen LogP contribution < -0.4 is 10.1 Å². The van der Waals surface area contributed by atoms with Crippen molar-refractivity contribution in [2.45, 2.75) is 26.3 Å². The first kappa shape index (κ1) is 15.9. The average Bonchev–Trinajstić information content (AvgIpc) is 2.47. The highest BCUT2D eigenvalue weighted by atomic mass is 35.5.